The average Bonchev–Trinajstić information content (AvgIpc) is 2.74. The van der Waals surface area contributed by atoms with E-state index in [0.717, 1.165) is 30.4 Å². The van der Waals surface area contributed by atoms with Crippen LogP contribution in [0.3, 0.4) is 0 Å². The zero-order valence-corrected chi connectivity index (χ0v) is 17.0. The molecule has 0 N–H and O–H groups in total. The van der Waals surface area contributed by atoms with Crippen molar-refractivity contribution in [1.29, 1.82) is 0 Å². The number of methoxy groups -OCH3 is 2. The molecule has 0 fully saturated rings. The third-order valence-electron chi connectivity index (χ3n) is 3.96. The molecule has 0 amide bonds. The summed E-state index contributed by atoms with van der Waals surface area (Å²) in [6.45, 7) is 4.40. The van der Waals surface area contributed by atoms with Crippen molar-refractivity contribution in [2.45, 2.75) is 26.7 Å². The van der Waals surface area contributed by atoms with E-state index < -0.39 is 4.92 Å². The molecule has 8 nitrogen and oxygen atoms in total. The Bertz CT molecular complexity index is 849. The quantitative estimate of drug-likeness (QED) is 0.264. The lowest BCUT2D eigenvalue weighted by Crippen LogP contribution is -2.02. The van der Waals surface area contributed by atoms with Crippen LogP contribution in [0.1, 0.15) is 46.0 Å². The number of carbonyl (C=O) groups is 2. The summed E-state index contributed by atoms with van der Waals surface area (Å²) in [6, 6.07) is 7.89. The first-order valence-corrected chi connectivity index (χ1v) is 8.95. The number of ether oxygens (including phenoxy) is 3. The summed E-state index contributed by atoms with van der Waals surface area (Å²) in [7, 11) is 3.01. The molecule has 29 heavy (non-hydrogen) atoms. The van der Waals surface area contributed by atoms with E-state index >= 15 is 0 Å². The lowest BCUT2D eigenvalue weighted by Gasteiger charge is -2.10. The number of unbranched alkanes of at least 4 members (excludes halogenated alkanes) is 1. The van der Waals surface area contributed by atoms with Crippen LogP contribution in [0.5, 0.6) is 17.2 Å². The van der Waals surface area contributed by atoms with Gasteiger partial charge in [0.25, 0.3) is 5.69 Å². The second kappa shape index (κ2) is 12.1. The predicted octanol–water partition coefficient (Wildman–Crippen LogP) is 4.41. The monoisotopic (exact) mass is 403 g/mol. The van der Waals surface area contributed by atoms with Gasteiger partial charge in [-0.25, -0.2) is 0 Å². The molecule has 0 radical (unpaired) electrons. The fraction of sp³-hybridized carbons (Fsp3) is 0.333. The minimum atomic E-state index is -0.615. The number of aldehydes is 2. The third kappa shape index (κ3) is 6.91. The maximum atomic E-state index is 10.8. The van der Waals surface area contributed by atoms with Gasteiger partial charge in [0, 0.05) is 11.6 Å². The Kier molecular flexibility index (Phi) is 9.87. The highest BCUT2D eigenvalue weighted by molar-refractivity contribution is 5.83. The van der Waals surface area contributed by atoms with Gasteiger partial charge in [-0.2, -0.15) is 0 Å². The van der Waals surface area contributed by atoms with Crippen molar-refractivity contribution in [2.75, 3.05) is 20.8 Å². The number of carbonyl (C=O) groups excluding carboxylic acids is 2. The van der Waals surface area contributed by atoms with Crippen LogP contribution in [-0.2, 0) is 0 Å². The first-order valence-electron chi connectivity index (χ1n) is 8.95. The molecule has 0 saturated heterocycles. The van der Waals surface area contributed by atoms with E-state index in [1.807, 2.05) is 19.9 Å². The molecule has 0 aliphatic rings. The lowest BCUT2D eigenvalue weighted by molar-refractivity contribution is -0.385. The first-order chi connectivity index (χ1) is 13.9. The SMILES string of the molecule is CCCCOc1cc([N+](=O)[O-])c(C=O)cc1OC.COc1cc(C=O)ccc1C. The molecule has 0 atom stereocenters. The molecular formula is C21H25NO7. The van der Waals surface area contributed by atoms with Crippen molar-refractivity contribution in [2.24, 2.45) is 0 Å². The topological polar surface area (TPSA) is 105 Å². The summed E-state index contributed by atoms with van der Waals surface area (Å²) >= 11 is 0. The molecule has 0 bridgehead atoms. The van der Waals surface area contributed by atoms with Gasteiger partial charge in [0.1, 0.15) is 12.0 Å². The van der Waals surface area contributed by atoms with Crippen LogP contribution in [0.15, 0.2) is 30.3 Å². The highest BCUT2D eigenvalue weighted by Crippen LogP contribution is 2.34. The highest BCUT2D eigenvalue weighted by Gasteiger charge is 2.19. The molecule has 0 aliphatic heterocycles. The minimum Gasteiger partial charge on any atom is -0.496 e. The lowest BCUT2D eigenvalue weighted by atomic mass is 10.1. The number of nitrogens with zero attached hydrogens (tertiary/aromatic N) is 1. The van der Waals surface area contributed by atoms with Crippen molar-refractivity contribution in [3.63, 3.8) is 0 Å². The molecular weight excluding hydrogens is 378 g/mol. The van der Waals surface area contributed by atoms with Crippen molar-refractivity contribution in [3.05, 3.63) is 57.1 Å². The van der Waals surface area contributed by atoms with Crippen LogP contribution in [0.2, 0.25) is 0 Å². The smallest absolute Gasteiger partial charge is 0.283 e. The van der Waals surface area contributed by atoms with Crippen molar-refractivity contribution >= 4 is 18.3 Å². The molecule has 156 valence electrons. The first kappa shape index (κ1) is 23.6. The number of benzene rings is 2. The van der Waals surface area contributed by atoms with Crippen LogP contribution >= 0.6 is 0 Å². The number of aryl methyl sites for hydroxylation is 1. The third-order valence-corrected chi connectivity index (χ3v) is 3.96. The molecule has 2 rings (SSSR count). The molecule has 0 spiro atoms. The maximum absolute atomic E-state index is 10.8. The van der Waals surface area contributed by atoms with Gasteiger partial charge in [0.2, 0.25) is 0 Å². The van der Waals surface area contributed by atoms with Gasteiger partial charge in [-0.3, -0.25) is 19.7 Å². The van der Waals surface area contributed by atoms with E-state index in [1.54, 1.807) is 19.2 Å². The van der Waals surface area contributed by atoms with E-state index in [0.29, 0.717) is 24.2 Å². The summed E-state index contributed by atoms with van der Waals surface area (Å²) in [5.41, 5.74) is 1.38. The van der Waals surface area contributed by atoms with Gasteiger partial charge in [-0.15, -0.1) is 0 Å². The molecule has 8 heteroatoms. The number of hydrogen-bond acceptors (Lipinski definition) is 7. The Morgan fingerprint density at radius 1 is 1.00 bits per heavy atom. The van der Waals surface area contributed by atoms with Crippen LogP contribution < -0.4 is 14.2 Å². The zero-order chi connectivity index (χ0) is 21.8. The van der Waals surface area contributed by atoms with Crippen LogP contribution in [0.25, 0.3) is 0 Å². The van der Waals surface area contributed by atoms with Crippen LogP contribution in [-0.4, -0.2) is 38.3 Å². The Morgan fingerprint density at radius 2 is 1.69 bits per heavy atom. The summed E-state index contributed by atoms with van der Waals surface area (Å²) in [5, 5.41) is 10.8. The summed E-state index contributed by atoms with van der Waals surface area (Å²) < 4.78 is 15.5. The van der Waals surface area contributed by atoms with Gasteiger partial charge in [-0.1, -0.05) is 25.5 Å². The van der Waals surface area contributed by atoms with Crippen molar-refractivity contribution in [1.82, 2.24) is 0 Å². The molecule has 0 unspecified atom stereocenters. The Labute approximate surface area is 169 Å². The summed E-state index contributed by atoms with van der Waals surface area (Å²) in [5.74, 6) is 1.36. The van der Waals surface area contributed by atoms with E-state index in [9.17, 15) is 19.7 Å². The molecule has 2 aromatic carbocycles. The van der Waals surface area contributed by atoms with Gasteiger partial charge in [-0.05, 0) is 25.0 Å². The van der Waals surface area contributed by atoms with Gasteiger partial charge in [0.05, 0.1) is 37.4 Å². The van der Waals surface area contributed by atoms with Crippen molar-refractivity contribution in [3.8, 4) is 17.2 Å². The number of nitro benzene ring substituents is 1. The molecule has 0 saturated carbocycles. The normalized spacial score (nSPS) is 9.66. The van der Waals surface area contributed by atoms with Gasteiger partial charge in [0.15, 0.2) is 17.8 Å². The van der Waals surface area contributed by atoms with E-state index in [-0.39, 0.29) is 17.0 Å². The Hall–Kier alpha value is -3.42. The second-order valence-electron chi connectivity index (χ2n) is 5.99. The Morgan fingerprint density at radius 3 is 2.21 bits per heavy atom. The second-order valence-corrected chi connectivity index (χ2v) is 5.99. The fourth-order valence-corrected chi connectivity index (χ4v) is 2.33. The maximum Gasteiger partial charge on any atom is 0.283 e. The largest absolute Gasteiger partial charge is 0.496 e. The zero-order valence-electron chi connectivity index (χ0n) is 17.0. The van der Waals surface area contributed by atoms with Crippen LogP contribution in [0, 0.1) is 17.0 Å². The number of rotatable bonds is 9. The molecule has 0 aliphatic carbocycles. The average molecular weight is 403 g/mol. The molecule has 0 aromatic heterocycles. The highest BCUT2D eigenvalue weighted by atomic mass is 16.6. The van der Waals surface area contributed by atoms with Crippen molar-refractivity contribution < 1.29 is 28.7 Å². The van der Waals surface area contributed by atoms with Gasteiger partial charge < -0.3 is 14.2 Å². The van der Waals surface area contributed by atoms with Gasteiger partial charge >= 0.3 is 0 Å². The summed E-state index contributed by atoms with van der Waals surface area (Å²) in [6.07, 6.45) is 3.03. The Balaban J connectivity index is 0.000000326. The summed E-state index contributed by atoms with van der Waals surface area (Å²) in [4.78, 5) is 31.3. The van der Waals surface area contributed by atoms with E-state index in [4.69, 9.17) is 14.2 Å². The number of nitro groups is 1. The standard InChI is InChI=1S/C12H15NO5.C9H10O2/c1-3-4-5-18-12-7-10(13(15)16)9(8-14)6-11(12)17-2;1-7-3-4-8(6-10)5-9(7)11-2/h6-8H,3-5H2,1-2H3;3-6H,1-2H3. The minimum absolute atomic E-state index is 0.0281. The fourth-order valence-electron chi connectivity index (χ4n) is 2.33. The number of hydrogen-bond donors (Lipinski definition) is 0. The molecule has 2 aromatic rings. The van der Waals surface area contributed by atoms with E-state index in [1.165, 1.54) is 19.2 Å². The molecule has 0 heterocycles. The van der Waals surface area contributed by atoms with Crippen LogP contribution in [0.4, 0.5) is 5.69 Å². The predicted molar refractivity (Wildman–Crippen MR) is 109 cm³/mol. The van der Waals surface area contributed by atoms with E-state index in [2.05, 4.69) is 0 Å².